The zero-order valence-corrected chi connectivity index (χ0v) is 8.21. The van der Waals surface area contributed by atoms with Crippen molar-refractivity contribution in [2.45, 2.75) is 5.33 Å². The summed E-state index contributed by atoms with van der Waals surface area (Å²) in [5, 5.41) is 18.0. The Kier molecular flexibility index (Phi) is 3.04. The van der Waals surface area contributed by atoms with Gasteiger partial charge in [0.15, 0.2) is 0 Å². The van der Waals surface area contributed by atoms with E-state index in [1.54, 1.807) is 12.1 Å². The van der Waals surface area contributed by atoms with Crippen molar-refractivity contribution in [1.29, 1.82) is 5.26 Å². The Morgan fingerprint density at radius 1 is 1.62 bits per heavy atom. The van der Waals surface area contributed by atoms with Gasteiger partial charge < -0.3 is 5.11 Å². The molecule has 0 heterocycles. The maximum Gasteiger partial charge on any atom is 0.337 e. The van der Waals surface area contributed by atoms with Crippen molar-refractivity contribution >= 4 is 21.9 Å². The summed E-state index contributed by atoms with van der Waals surface area (Å²) in [6, 6.07) is 6.54. The van der Waals surface area contributed by atoms with E-state index in [0.29, 0.717) is 5.33 Å². The van der Waals surface area contributed by atoms with Crippen molar-refractivity contribution in [2.75, 3.05) is 0 Å². The van der Waals surface area contributed by atoms with Gasteiger partial charge in [-0.15, -0.1) is 0 Å². The van der Waals surface area contributed by atoms with Gasteiger partial charge in [-0.25, -0.2) is 4.79 Å². The fourth-order valence-corrected chi connectivity index (χ4v) is 1.30. The first-order valence-electron chi connectivity index (χ1n) is 3.51. The highest BCUT2D eigenvalue weighted by Crippen LogP contribution is 2.13. The standard InChI is InChI=1S/C9H6BrNO2/c10-4-6-1-2-8(9(12)13)7(3-6)5-11/h1-3H,4H2,(H,12,13). The molecule has 0 atom stereocenters. The summed E-state index contributed by atoms with van der Waals surface area (Å²) >= 11 is 3.23. The first-order chi connectivity index (χ1) is 6.19. The van der Waals surface area contributed by atoms with Crippen LogP contribution in [0.3, 0.4) is 0 Å². The number of carboxylic acids is 1. The Morgan fingerprint density at radius 3 is 2.77 bits per heavy atom. The van der Waals surface area contributed by atoms with Gasteiger partial charge in [0.25, 0.3) is 0 Å². The zero-order chi connectivity index (χ0) is 9.84. The summed E-state index contributed by atoms with van der Waals surface area (Å²) in [5.74, 6) is -1.07. The largest absolute Gasteiger partial charge is 0.478 e. The molecule has 0 aliphatic carbocycles. The van der Waals surface area contributed by atoms with Crippen LogP contribution < -0.4 is 0 Å². The minimum atomic E-state index is -1.07. The molecule has 0 fully saturated rings. The van der Waals surface area contributed by atoms with Gasteiger partial charge in [0.2, 0.25) is 0 Å². The Hall–Kier alpha value is -1.34. The second-order valence-electron chi connectivity index (χ2n) is 2.43. The van der Waals surface area contributed by atoms with Crippen molar-refractivity contribution in [3.63, 3.8) is 0 Å². The van der Waals surface area contributed by atoms with E-state index in [4.69, 9.17) is 10.4 Å². The van der Waals surface area contributed by atoms with E-state index in [1.165, 1.54) is 6.07 Å². The van der Waals surface area contributed by atoms with Crippen molar-refractivity contribution in [1.82, 2.24) is 0 Å². The minimum absolute atomic E-state index is 0.0483. The van der Waals surface area contributed by atoms with Crippen LogP contribution in [0.2, 0.25) is 0 Å². The van der Waals surface area contributed by atoms with Crippen LogP contribution in [0.25, 0.3) is 0 Å². The van der Waals surface area contributed by atoms with Crippen LogP contribution in [0.5, 0.6) is 0 Å². The lowest BCUT2D eigenvalue weighted by Crippen LogP contribution is -2.00. The molecule has 1 N–H and O–H groups in total. The minimum Gasteiger partial charge on any atom is -0.478 e. The summed E-state index contributed by atoms with van der Waals surface area (Å²) in [6.45, 7) is 0. The number of hydrogen-bond acceptors (Lipinski definition) is 2. The molecule has 1 rings (SSSR count). The van der Waals surface area contributed by atoms with Gasteiger partial charge in [0.1, 0.15) is 6.07 Å². The Bertz CT molecular complexity index is 382. The number of halogens is 1. The number of hydrogen-bond donors (Lipinski definition) is 1. The molecule has 1 aromatic rings. The predicted molar refractivity (Wildman–Crippen MR) is 50.7 cm³/mol. The number of nitrogens with zero attached hydrogens (tertiary/aromatic N) is 1. The summed E-state index contributed by atoms with van der Waals surface area (Å²) in [7, 11) is 0. The molecule has 0 unspecified atom stereocenters. The van der Waals surface area contributed by atoms with Crippen LogP contribution in [-0.2, 0) is 5.33 Å². The highest BCUT2D eigenvalue weighted by molar-refractivity contribution is 9.08. The Morgan fingerprint density at radius 2 is 2.31 bits per heavy atom. The summed E-state index contributed by atoms with van der Waals surface area (Å²) in [4.78, 5) is 10.6. The van der Waals surface area contributed by atoms with Crippen molar-refractivity contribution in [3.05, 3.63) is 34.9 Å². The van der Waals surface area contributed by atoms with Crippen molar-refractivity contribution < 1.29 is 9.90 Å². The lowest BCUT2D eigenvalue weighted by molar-refractivity contribution is 0.0696. The van der Waals surface area contributed by atoms with Crippen LogP contribution in [0.1, 0.15) is 21.5 Å². The van der Waals surface area contributed by atoms with Crippen molar-refractivity contribution in [3.8, 4) is 6.07 Å². The second-order valence-corrected chi connectivity index (χ2v) is 2.99. The van der Waals surface area contributed by atoms with Gasteiger partial charge >= 0.3 is 5.97 Å². The lowest BCUT2D eigenvalue weighted by atomic mass is 10.1. The van der Waals surface area contributed by atoms with E-state index in [-0.39, 0.29) is 11.1 Å². The van der Waals surface area contributed by atoms with E-state index in [0.717, 1.165) is 5.56 Å². The molecule has 3 nitrogen and oxygen atoms in total. The number of carbonyl (C=O) groups is 1. The normalized spacial score (nSPS) is 9.23. The van der Waals surface area contributed by atoms with Crippen LogP contribution >= 0.6 is 15.9 Å². The van der Waals surface area contributed by atoms with Gasteiger partial charge in [-0.2, -0.15) is 5.26 Å². The zero-order valence-electron chi connectivity index (χ0n) is 6.62. The Balaban J connectivity index is 3.26. The molecular formula is C9H6BrNO2. The van der Waals surface area contributed by atoms with Crippen LogP contribution in [-0.4, -0.2) is 11.1 Å². The average molecular weight is 240 g/mol. The predicted octanol–water partition coefficient (Wildman–Crippen LogP) is 2.15. The topological polar surface area (TPSA) is 61.1 Å². The molecule has 0 saturated heterocycles. The lowest BCUT2D eigenvalue weighted by Gasteiger charge is -1.99. The van der Waals surface area contributed by atoms with Crippen LogP contribution in [0, 0.1) is 11.3 Å². The van der Waals surface area contributed by atoms with Gasteiger partial charge in [0, 0.05) is 5.33 Å². The smallest absolute Gasteiger partial charge is 0.337 e. The summed E-state index contributed by atoms with van der Waals surface area (Å²) < 4.78 is 0. The molecule has 0 radical (unpaired) electrons. The summed E-state index contributed by atoms with van der Waals surface area (Å²) in [5.41, 5.74) is 1.14. The Labute approximate surface area is 83.7 Å². The molecule has 13 heavy (non-hydrogen) atoms. The number of rotatable bonds is 2. The number of carboxylic acid groups (broad SMARTS) is 1. The molecule has 66 valence electrons. The molecular weight excluding hydrogens is 234 g/mol. The molecule has 0 aromatic heterocycles. The molecule has 1 aromatic carbocycles. The van der Waals surface area contributed by atoms with Gasteiger partial charge in [-0.3, -0.25) is 0 Å². The number of aromatic carboxylic acids is 1. The van der Waals surface area contributed by atoms with Crippen LogP contribution in [0.4, 0.5) is 0 Å². The maximum absolute atomic E-state index is 10.6. The summed E-state index contributed by atoms with van der Waals surface area (Å²) in [6.07, 6.45) is 0. The molecule has 0 saturated carbocycles. The quantitative estimate of drug-likeness (QED) is 0.805. The van der Waals surface area contributed by atoms with E-state index in [9.17, 15) is 4.79 Å². The second kappa shape index (κ2) is 4.06. The van der Waals surface area contributed by atoms with Gasteiger partial charge in [-0.05, 0) is 17.7 Å². The monoisotopic (exact) mass is 239 g/mol. The number of nitriles is 1. The SMILES string of the molecule is N#Cc1cc(CBr)ccc1C(=O)O. The van der Waals surface area contributed by atoms with Crippen LogP contribution in [0.15, 0.2) is 18.2 Å². The molecule has 0 bridgehead atoms. The maximum atomic E-state index is 10.6. The fourth-order valence-electron chi connectivity index (χ4n) is 0.954. The third-order valence-corrected chi connectivity index (χ3v) is 2.24. The van der Waals surface area contributed by atoms with Crippen molar-refractivity contribution in [2.24, 2.45) is 0 Å². The molecule has 0 aliphatic rings. The van der Waals surface area contributed by atoms with E-state index in [1.807, 2.05) is 6.07 Å². The van der Waals surface area contributed by atoms with E-state index in [2.05, 4.69) is 15.9 Å². The van der Waals surface area contributed by atoms with Gasteiger partial charge in [-0.1, -0.05) is 22.0 Å². The number of alkyl halides is 1. The molecule has 0 spiro atoms. The van der Waals surface area contributed by atoms with E-state index >= 15 is 0 Å². The van der Waals surface area contributed by atoms with Gasteiger partial charge in [0.05, 0.1) is 11.1 Å². The third kappa shape index (κ3) is 2.07. The highest BCUT2D eigenvalue weighted by Gasteiger charge is 2.09. The molecule has 4 heteroatoms. The first-order valence-corrected chi connectivity index (χ1v) is 4.63. The first kappa shape index (κ1) is 9.75. The highest BCUT2D eigenvalue weighted by atomic mass is 79.9. The number of benzene rings is 1. The average Bonchev–Trinajstić information content (AvgIpc) is 2.16. The molecule has 0 amide bonds. The third-order valence-electron chi connectivity index (χ3n) is 1.59. The van der Waals surface area contributed by atoms with E-state index < -0.39 is 5.97 Å². The fraction of sp³-hybridized carbons (Fsp3) is 0.111. The molecule has 0 aliphatic heterocycles.